The van der Waals surface area contributed by atoms with E-state index in [2.05, 4.69) is 34.8 Å². The van der Waals surface area contributed by atoms with Crippen molar-refractivity contribution in [3.63, 3.8) is 0 Å². The fraction of sp³-hybridized carbons (Fsp3) is 1.00. The first-order valence-electron chi connectivity index (χ1n) is 4.52. The molecule has 140 valence electrons. The minimum Gasteiger partial charge on any atom is -0.195 e. The van der Waals surface area contributed by atoms with Crippen LogP contribution >= 0.6 is 34.8 Å². The van der Waals surface area contributed by atoms with Gasteiger partial charge < -0.3 is 0 Å². The molecule has 0 saturated heterocycles. The smallest absolute Gasteiger partial charge is 0.195 e. The van der Waals surface area contributed by atoms with E-state index in [1.54, 1.807) is 0 Å². The van der Waals surface area contributed by atoms with Gasteiger partial charge in [0.25, 0.3) is 3.79 Å². The van der Waals surface area contributed by atoms with Gasteiger partial charge in [0.2, 0.25) is 0 Å². The lowest BCUT2D eigenvalue weighted by molar-refractivity contribution is -0.439. The fourth-order valence-corrected chi connectivity index (χ4v) is 1.30. The van der Waals surface area contributed by atoms with Gasteiger partial charge >= 0.3 is 35.8 Å². The molecule has 0 heterocycles. The molecular formula is C7Cl3F13. The Hall–Kier alpha value is -0.0400. The van der Waals surface area contributed by atoms with Gasteiger partial charge in [-0.3, -0.25) is 0 Å². The summed E-state index contributed by atoms with van der Waals surface area (Å²) in [6, 6.07) is 0. The second-order valence-corrected chi connectivity index (χ2v) is 6.15. The van der Waals surface area contributed by atoms with Crippen molar-refractivity contribution in [2.75, 3.05) is 0 Å². The molecule has 0 bridgehead atoms. The summed E-state index contributed by atoms with van der Waals surface area (Å²) in [7, 11) is 0. The summed E-state index contributed by atoms with van der Waals surface area (Å²) in [5.41, 5.74) is 0. The van der Waals surface area contributed by atoms with Gasteiger partial charge in [0.05, 0.1) is 0 Å². The maximum Gasteiger partial charge on any atom is 0.460 e. The van der Waals surface area contributed by atoms with Crippen LogP contribution in [0, 0.1) is 0 Å². The van der Waals surface area contributed by atoms with E-state index in [4.69, 9.17) is 0 Å². The number of halogens is 16. The second-order valence-electron chi connectivity index (χ2n) is 3.87. The van der Waals surface area contributed by atoms with E-state index < -0.39 is 39.6 Å². The van der Waals surface area contributed by atoms with E-state index in [-0.39, 0.29) is 0 Å². The van der Waals surface area contributed by atoms with E-state index in [1.807, 2.05) is 0 Å². The monoisotopic (exact) mass is 436 g/mol. The molecule has 0 rings (SSSR count). The van der Waals surface area contributed by atoms with Gasteiger partial charge in [-0.05, 0) is 0 Å². The second kappa shape index (κ2) is 5.48. The zero-order chi connectivity index (χ0) is 19.5. The van der Waals surface area contributed by atoms with Crippen LogP contribution in [0.15, 0.2) is 0 Å². The third-order valence-electron chi connectivity index (χ3n) is 2.29. The Balaban J connectivity index is 6.37. The lowest BCUT2D eigenvalue weighted by Crippen LogP contribution is -2.71. The Morgan fingerprint density at radius 1 is 0.348 bits per heavy atom. The molecule has 0 aromatic carbocycles. The van der Waals surface area contributed by atoms with E-state index in [9.17, 15) is 57.1 Å². The van der Waals surface area contributed by atoms with E-state index in [1.165, 1.54) is 0 Å². The first kappa shape index (κ1) is 23.0. The van der Waals surface area contributed by atoms with Gasteiger partial charge in [0.15, 0.2) is 0 Å². The molecule has 0 amide bonds. The summed E-state index contributed by atoms with van der Waals surface area (Å²) in [6.07, 6.45) is -7.48. The van der Waals surface area contributed by atoms with Crippen LogP contribution in [0.3, 0.4) is 0 Å². The zero-order valence-electron chi connectivity index (χ0n) is 9.55. The molecule has 0 unspecified atom stereocenters. The van der Waals surface area contributed by atoms with Crippen LogP contribution in [0.25, 0.3) is 0 Å². The molecule has 0 spiro atoms. The Labute approximate surface area is 132 Å². The summed E-state index contributed by atoms with van der Waals surface area (Å²) in [4.78, 5) is 0. The van der Waals surface area contributed by atoms with Gasteiger partial charge in [-0.25, -0.2) is 0 Å². The predicted molar refractivity (Wildman–Crippen MR) is 51.1 cm³/mol. The van der Waals surface area contributed by atoms with Crippen LogP contribution in [0.2, 0.25) is 0 Å². The zero-order valence-corrected chi connectivity index (χ0v) is 11.8. The largest absolute Gasteiger partial charge is 0.460 e. The molecule has 0 atom stereocenters. The van der Waals surface area contributed by atoms with E-state index in [0.717, 1.165) is 0 Å². The van der Waals surface area contributed by atoms with Crippen molar-refractivity contribution in [1.29, 1.82) is 0 Å². The molecule has 0 nitrogen and oxygen atoms in total. The molecule has 23 heavy (non-hydrogen) atoms. The summed E-state index contributed by atoms with van der Waals surface area (Å²) in [5.74, 6) is -38.1. The van der Waals surface area contributed by atoms with Crippen molar-refractivity contribution in [1.82, 2.24) is 0 Å². The average Bonchev–Trinajstić information content (AvgIpc) is 2.24. The van der Waals surface area contributed by atoms with E-state index >= 15 is 0 Å². The van der Waals surface area contributed by atoms with Gasteiger partial charge in [-0.2, -0.15) is 57.1 Å². The minimum atomic E-state index is -8.01. The Morgan fingerprint density at radius 3 is 0.783 bits per heavy atom. The van der Waals surface area contributed by atoms with Crippen LogP contribution in [0.5, 0.6) is 0 Å². The van der Waals surface area contributed by atoms with Gasteiger partial charge in [0, 0.05) is 0 Å². The van der Waals surface area contributed by atoms with Gasteiger partial charge in [0.1, 0.15) is 0 Å². The van der Waals surface area contributed by atoms with Crippen LogP contribution in [-0.4, -0.2) is 39.6 Å². The highest BCUT2D eigenvalue weighted by molar-refractivity contribution is 6.68. The van der Waals surface area contributed by atoms with Gasteiger partial charge in [-0.15, -0.1) is 0 Å². The minimum absolute atomic E-state index is 4.18. The molecular weight excluding hydrogens is 437 g/mol. The molecule has 0 aliphatic rings. The average molecular weight is 437 g/mol. The van der Waals surface area contributed by atoms with Crippen molar-refractivity contribution >= 4 is 34.8 Å². The molecule has 0 fully saturated rings. The van der Waals surface area contributed by atoms with Crippen molar-refractivity contribution < 1.29 is 57.1 Å². The van der Waals surface area contributed by atoms with Crippen LogP contribution < -0.4 is 0 Å². The first-order chi connectivity index (χ1) is 9.50. The van der Waals surface area contributed by atoms with Crippen molar-refractivity contribution in [2.45, 2.75) is 39.6 Å². The molecule has 16 heteroatoms. The molecule has 0 saturated carbocycles. The van der Waals surface area contributed by atoms with E-state index in [0.29, 0.717) is 0 Å². The number of alkyl halides is 16. The predicted octanol–water partition coefficient (Wildman–Crippen LogP) is 6.10. The standard InChI is InChI=1S/C7Cl3F13/c8-6(9,10)4(17,18)2(13,14)1(11,12)3(15,16)5(19,20)7(21,22)23. The molecule has 0 aliphatic heterocycles. The Bertz CT molecular complexity index is 405. The van der Waals surface area contributed by atoms with Crippen molar-refractivity contribution in [3.05, 3.63) is 0 Å². The number of hydrogen-bond acceptors (Lipinski definition) is 0. The molecule has 0 aliphatic carbocycles. The summed E-state index contributed by atoms with van der Waals surface area (Å²) in [5, 5.41) is 0. The lowest BCUT2D eigenvalue weighted by Gasteiger charge is -2.41. The number of hydrogen-bond donors (Lipinski definition) is 0. The van der Waals surface area contributed by atoms with Crippen LogP contribution in [0.1, 0.15) is 0 Å². The highest BCUT2D eigenvalue weighted by atomic mass is 35.6. The quantitative estimate of drug-likeness (QED) is 0.369. The topological polar surface area (TPSA) is 0 Å². The molecule has 0 N–H and O–H groups in total. The highest BCUT2D eigenvalue weighted by Crippen LogP contribution is 2.63. The van der Waals surface area contributed by atoms with Crippen molar-refractivity contribution in [3.8, 4) is 0 Å². The summed E-state index contributed by atoms with van der Waals surface area (Å²) in [6.45, 7) is 0. The Morgan fingerprint density at radius 2 is 0.565 bits per heavy atom. The van der Waals surface area contributed by atoms with Crippen molar-refractivity contribution in [2.24, 2.45) is 0 Å². The van der Waals surface area contributed by atoms with Gasteiger partial charge in [-0.1, -0.05) is 34.8 Å². The normalized spacial score (nSPS) is 16.7. The highest BCUT2D eigenvalue weighted by Gasteiger charge is 2.92. The number of rotatable bonds is 4. The third kappa shape index (κ3) is 3.00. The molecule has 0 aromatic rings. The summed E-state index contributed by atoms with van der Waals surface area (Å²) >= 11 is 12.5. The Kier molecular flexibility index (Phi) is 5.47. The molecule has 0 aromatic heterocycles. The lowest BCUT2D eigenvalue weighted by atomic mass is 9.94. The maximum atomic E-state index is 13.0. The first-order valence-corrected chi connectivity index (χ1v) is 5.66. The molecule has 0 radical (unpaired) electrons. The van der Waals surface area contributed by atoms with Crippen LogP contribution in [-0.2, 0) is 0 Å². The third-order valence-corrected chi connectivity index (χ3v) is 3.00. The fourth-order valence-electron chi connectivity index (χ4n) is 0.948. The van der Waals surface area contributed by atoms with Crippen LogP contribution in [0.4, 0.5) is 57.1 Å². The summed E-state index contributed by atoms with van der Waals surface area (Å²) < 4.78 is 158. The maximum absolute atomic E-state index is 13.0. The SMILES string of the molecule is FC(F)(F)C(F)(F)C(F)(F)C(F)(F)C(F)(F)C(F)(F)C(Cl)(Cl)Cl.